The highest BCUT2D eigenvalue weighted by Crippen LogP contribution is 2.44. The van der Waals surface area contributed by atoms with E-state index >= 15 is 0 Å². The number of hydrogen-bond donors (Lipinski definition) is 3. The molecule has 3 rings (SSSR count). The number of alkyl carbamates (subject to hydrolysis) is 1. The van der Waals surface area contributed by atoms with E-state index in [1.807, 2.05) is 31.2 Å². The van der Waals surface area contributed by atoms with Gasteiger partial charge in [0.1, 0.15) is 13.2 Å². The SMILES string of the molecule is CCCCOC(=O)CNC(=O)C(N)CCCCNC(=O)OCC1c2ccccc2-c2ccccc21. The Morgan fingerprint density at radius 3 is 2.23 bits per heavy atom. The summed E-state index contributed by atoms with van der Waals surface area (Å²) in [5, 5.41) is 5.26. The molecular weight excluding hydrogens is 446 g/mol. The summed E-state index contributed by atoms with van der Waals surface area (Å²) < 4.78 is 10.5. The van der Waals surface area contributed by atoms with Gasteiger partial charge >= 0.3 is 12.1 Å². The first-order valence-corrected chi connectivity index (χ1v) is 12.3. The van der Waals surface area contributed by atoms with E-state index in [9.17, 15) is 14.4 Å². The van der Waals surface area contributed by atoms with Crippen molar-refractivity contribution in [1.82, 2.24) is 10.6 Å². The predicted octanol–water partition coefficient (Wildman–Crippen LogP) is 3.48. The van der Waals surface area contributed by atoms with E-state index in [1.54, 1.807) is 0 Å². The van der Waals surface area contributed by atoms with Crippen LogP contribution in [0.4, 0.5) is 4.79 Å². The molecule has 1 aliphatic rings. The Bertz CT molecular complexity index is 964. The van der Waals surface area contributed by atoms with Gasteiger partial charge < -0.3 is 25.8 Å². The second-order valence-corrected chi connectivity index (χ2v) is 8.65. The highest BCUT2D eigenvalue weighted by Gasteiger charge is 2.28. The third-order valence-corrected chi connectivity index (χ3v) is 6.06. The normalized spacial score (nSPS) is 12.9. The molecule has 2 aromatic carbocycles. The maximum absolute atomic E-state index is 12.2. The molecule has 1 unspecified atom stereocenters. The van der Waals surface area contributed by atoms with E-state index in [-0.39, 0.29) is 25.0 Å². The fraction of sp³-hybridized carbons (Fsp3) is 0.444. The number of rotatable bonds is 13. The van der Waals surface area contributed by atoms with Crippen LogP contribution in [0.5, 0.6) is 0 Å². The molecule has 4 N–H and O–H groups in total. The van der Waals surface area contributed by atoms with Gasteiger partial charge in [-0.2, -0.15) is 0 Å². The summed E-state index contributed by atoms with van der Waals surface area (Å²) >= 11 is 0. The zero-order valence-electron chi connectivity index (χ0n) is 20.3. The number of benzene rings is 2. The van der Waals surface area contributed by atoms with Gasteiger partial charge in [-0.3, -0.25) is 9.59 Å². The molecule has 0 spiro atoms. The Balaban J connectivity index is 1.30. The number of hydrogen-bond acceptors (Lipinski definition) is 6. The Hall–Kier alpha value is -3.39. The Kier molecular flexibility index (Phi) is 10.1. The minimum atomic E-state index is -0.715. The van der Waals surface area contributed by atoms with E-state index in [4.69, 9.17) is 15.2 Å². The lowest BCUT2D eigenvalue weighted by atomic mass is 9.98. The minimum Gasteiger partial charge on any atom is -0.464 e. The largest absolute Gasteiger partial charge is 0.464 e. The van der Waals surface area contributed by atoms with Crippen molar-refractivity contribution in [2.75, 3.05) is 26.3 Å². The smallest absolute Gasteiger partial charge is 0.407 e. The van der Waals surface area contributed by atoms with Crippen LogP contribution in [0.2, 0.25) is 0 Å². The lowest BCUT2D eigenvalue weighted by molar-refractivity contribution is -0.144. The van der Waals surface area contributed by atoms with Crippen LogP contribution in [0.15, 0.2) is 48.5 Å². The standard InChI is InChI=1S/C27H35N3O5/c1-2-3-16-34-25(31)17-30-26(32)24(28)14-8-9-15-29-27(33)35-18-23-21-12-6-4-10-19(21)20-11-5-7-13-22(20)23/h4-7,10-13,23-24H,2-3,8-9,14-18,28H2,1H3,(H,29,33)(H,30,32). The molecule has 1 aliphatic carbocycles. The number of nitrogens with one attached hydrogen (secondary N) is 2. The molecule has 2 amide bonds. The van der Waals surface area contributed by atoms with Crippen LogP contribution in [-0.2, 0) is 19.1 Å². The number of carbonyl (C=O) groups is 3. The third-order valence-electron chi connectivity index (χ3n) is 6.06. The van der Waals surface area contributed by atoms with Crippen LogP contribution in [0.3, 0.4) is 0 Å². The highest BCUT2D eigenvalue weighted by atomic mass is 16.5. The molecule has 0 aromatic heterocycles. The first-order chi connectivity index (χ1) is 17.0. The predicted molar refractivity (Wildman–Crippen MR) is 134 cm³/mol. The van der Waals surface area contributed by atoms with Crippen molar-refractivity contribution in [3.63, 3.8) is 0 Å². The van der Waals surface area contributed by atoms with E-state index in [1.165, 1.54) is 22.3 Å². The molecule has 0 radical (unpaired) electrons. The van der Waals surface area contributed by atoms with Crippen LogP contribution in [-0.4, -0.2) is 50.3 Å². The molecule has 188 valence electrons. The van der Waals surface area contributed by atoms with Crippen LogP contribution in [0, 0.1) is 0 Å². The van der Waals surface area contributed by atoms with Crippen molar-refractivity contribution in [1.29, 1.82) is 0 Å². The average Bonchev–Trinajstić information content (AvgIpc) is 3.19. The topological polar surface area (TPSA) is 120 Å². The second kappa shape index (κ2) is 13.5. The molecule has 35 heavy (non-hydrogen) atoms. The molecule has 0 bridgehead atoms. The molecular formula is C27H35N3O5. The molecule has 0 heterocycles. The quantitative estimate of drug-likeness (QED) is 0.298. The maximum atomic E-state index is 12.2. The number of unbranched alkanes of at least 4 members (excludes halogenated alkanes) is 2. The highest BCUT2D eigenvalue weighted by molar-refractivity contribution is 5.85. The van der Waals surface area contributed by atoms with Gasteiger partial charge in [0.05, 0.1) is 12.6 Å². The lowest BCUT2D eigenvalue weighted by Gasteiger charge is -2.15. The number of fused-ring (bicyclic) bond motifs is 3. The molecule has 0 fully saturated rings. The molecule has 0 saturated carbocycles. The second-order valence-electron chi connectivity index (χ2n) is 8.65. The minimum absolute atomic E-state index is 0.0218. The fourth-order valence-electron chi connectivity index (χ4n) is 4.13. The zero-order valence-corrected chi connectivity index (χ0v) is 20.3. The number of carbonyl (C=O) groups excluding carboxylic acids is 3. The molecule has 8 nitrogen and oxygen atoms in total. The molecule has 0 aliphatic heterocycles. The number of nitrogens with two attached hydrogens (primary N) is 1. The van der Waals surface area contributed by atoms with Gasteiger partial charge in [0.15, 0.2) is 0 Å². The van der Waals surface area contributed by atoms with Gasteiger partial charge in [0.2, 0.25) is 5.91 Å². The van der Waals surface area contributed by atoms with E-state index in [2.05, 4.69) is 34.9 Å². The molecule has 0 saturated heterocycles. The van der Waals surface area contributed by atoms with Crippen LogP contribution < -0.4 is 16.4 Å². The van der Waals surface area contributed by atoms with Crippen LogP contribution in [0.25, 0.3) is 11.1 Å². The van der Waals surface area contributed by atoms with Crippen molar-refractivity contribution in [3.8, 4) is 11.1 Å². The lowest BCUT2D eigenvalue weighted by Crippen LogP contribution is -2.43. The Morgan fingerprint density at radius 2 is 1.57 bits per heavy atom. The Labute approximate surface area is 206 Å². The average molecular weight is 482 g/mol. The summed E-state index contributed by atoms with van der Waals surface area (Å²) in [4.78, 5) is 35.7. The molecule has 1 atom stereocenters. The number of esters is 1. The van der Waals surface area contributed by atoms with Gasteiger partial charge in [-0.05, 0) is 47.9 Å². The van der Waals surface area contributed by atoms with Crippen molar-refractivity contribution in [2.45, 2.75) is 51.0 Å². The maximum Gasteiger partial charge on any atom is 0.407 e. The third kappa shape index (κ3) is 7.55. The number of amides is 2. The monoisotopic (exact) mass is 481 g/mol. The van der Waals surface area contributed by atoms with E-state index in [0.29, 0.717) is 32.4 Å². The first-order valence-electron chi connectivity index (χ1n) is 12.3. The summed E-state index contributed by atoms with van der Waals surface area (Å²) in [6.45, 7) is 2.87. The Morgan fingerprint density at radius 1 is 0.914 bits per heavy atom. The van der Waals surface area contributed by atoms with Crippen LogP contribution in [0.1, 0.15) is 56.1 Å². The first kappa shape index (κ1) is 26.2. The van der Waals surface area contributed by atoms with Crippen molar-refractivity contribution in [3.05, 3.63) is 59.7 Å². The van der Waals surface area contributed by atoms with E-state index < -0.39 is 18.1 Å². The van der Waals surface area contributed by atoms with Gasteiger partial charge in [-0.25, -0.2) is 4.79 Å². The van der Waals surface area contributed by atoms with E-state index in [0.717, 1.165) is 12.8 Å². The zero-order chi connectivity index (χ0) is 25.0. The van der Waals surface area contributed by atoms with Crippen molar-refractivity contribution in [2.24, 2.45) is 5.73 Å². The summed E-state index contributed by atoms with van der Waals surface area (Å²) in [6, 6.07) is 15.7. The van der Waals surface area contributed by atoms with Crippen molar-refractivity contribution < 1.29 is 23.9 Å². The number of ether oxygens (including phenoxy) is 2. The summed E-state index contributed by atoms with van der Waals surface area (Å²) in [5.41, 5.74) is 10.6. The van der Waals surface area contributed by atoms with Gasteiger partial charge in [0.25, 0.3) is 0 Å². The van der Waals surface area contributed by atoms with Gasteiger partial charge in [-0.15, -0.1) is 0 Å². The summed E-state index contributed by atoms with van der Waals surface area (Å²) in [6.07, 6.45) is 3.02. The molecule has 2 aromatic rings. The molecule has 8 heteroatoms. The summed E-state index contributed by atoms with van der Waals surface area (Å²) in [5.74, 6) is -0.832. The van der Waals surface area contributed by atoms with Crippen LogP contribution >= 0.6 is 0 Å². The van der Waals surface area contributed by atoms with Crippen molar-refractivity contribution >= 4 is 18.0 Å². The fourth-order valence-corrected chi connectivity index (χ4v) is 4.13. The summed E-state index contributed by atoms with van der Waals surface area (Å²) in [7, 11) is 0. The van der Waals surface area contributed by atoms with Gasteiger partial charge in [0, 0.05) is 12.5 Å². The van der Waals surface area contributed by atoms with Gasteiger partial charge in [-0.1, -0.05) is 61.9 Å².